The molecule has 1 aliphatic rings. The summed E-state index contributed by atoms with van der Waals surface area (Å²) in [4.78, 5) is 33.2. The van der Waals surface area contributed by atoms with Crippen molar-refractivity contribution in [2.45, 2.75) is 19.9 Å². The minimum atomic E-state index is -0.460. The highest BCUT2D eigenvalue weighted by Crippen LogP contribution is 2.26. The Morgan fingerprint density at radius 2 is 2.32 bits per heavy atom. The van der Waals surface area contributed by atoms with E-state index in [9.17, 15) is 9.59 Å². The average molecular weight is 328 g/mol. The number of piperazine rings is 1. The number of halogens is 1. The Bertz CT molecular complexity index is 522. The van der Waals surface area contributed by atoms with Gasteiger partial charge in [-0.05, 0) is 29.8 Å². The summed E-state index contributed by atoms with van der Waals surface area (Å²) in [5, 5.41) is 5.29. The molecule has 7 nitrogen and oxygen atoms in total. The number of hydrogen-bond acceptors (Lipinski definition) is 6. The van der Waals surface area contributed by atoms with Crippen LogP contribution in [0.15, 0.2) is 10.7 Å². The largest absolute Gasteiger partial charge is 0.354 e. The molecule has 1 atom stereocenters. The summed E-state index contributed by atoms with van der Waals surface area (Å²) in [5.41, 5.74) is 0. The second-order valence-electron chi connectivity index (χ2n) is 4.11. The van der Waals surface area contributed by atoms with Gasteiger partial charge < -0.3 is 10.2 Å². The lowest BCUT2D eigenvalue weighted by Gasteiger charge is -2.33. The van der Waals surface area contributed by atoms with E-state index in [1.54, 1.807) is 18.0 Å². The molecular weight excluding hydrogens is 314 g/mol. The number of anilines is 2. The Kier molecular flexibility index (Phi) is 3.98. The van der Waals surface area contributed by atoms with Gasteiger partial charge in [0, 0.05) is 12.7 Å². The Labute approximate surface area is 118 Å². The molecule has 1 fully saturated rings. The Morgan fingerprint density at radius 1 is 1.58 bits per heavy atom. The Balaban J connectivity index is 2.36. The fourth-order valence-electron chi connectivity index (χ4n) is 1.78. The summed E-state index contributed by atoms with van der Waals surface area (Å²) in [6.07, 6.45) is 1.60. The molecular formula is C11H14BrN5O2. The summed E-state index contributed by atoms with van der Waals surface area (Å²) in [7, 11) is 0. The van der Waals surface area contributed by atoms with Gasteiger partial charge in [-0.3, -0.25) is 14.9 Å². The van der Waals surface area contributed by atoms with Crippen molar-refractivity contribution >= 4 is 39.5 Å². The van der Waals surface area contributed by atoms with Crippen LogP contribution in [0.4, 0.5) is 11.8 Å². The van der Waals surface area contributed by atoms with E-state index in [0.717, 1.165) is 0 Å². The van der Waals surface area contributed by atoms with Crippen LogP contribution in [-0.2, 0) is 9.59 Å². The van der Waals surface area contributed by atoms with Gasteiger partial charge in [0.2, 0.25) is 17.8 Å². The molecule has 0 spiro atoms. The van der Waals surface area contributed by atoms with Gasteiger partial charge in [-0.1, -0.05) is 0 Å². The van der Waals surface area contributed by atoms with E-state index in [1.165, 1.54) is 0 Å². The maximum atomic E-state index is 11.7. The molecule has 2 rings (SSSR count). The van der Waals surface area contributed by atoms with Gasteiger partial charge in [0.15, 0.2) is 0 Å². The third kappa shape index (κ3) is 2.83. The standard InChI is InChI=1S/C11H14BrN5O2/c1-3-13-11-14-4-7(12)9(16-11)17-5-8(18)15-10(19)6(17)2/h4,6H,3,5H2,1-2H3,(H,13,14,16)(H,15,18,19). The van der Waals surface area contributed by atoms with Crippen molar-refractivity contribution < 1.29 is 9.59 Å². The van der Waals surface area contributed by atoms with Crippen molar-refractivity contribution in [2.24, 2.45) is 0 Å². The van der Waals surface area contributed by atoms with Gasteiger partial charge in [-0.15, -0.1) is 0 Å². The first-order valence-corrected chi connectivity index (χ1v) is 6.69. The molecule has 0 aromatic carbocycles. The van der Waals surface area contributed by atoms with Crippen LogP contribution in [0.3, 0.4) is 0 Å². The summed E-state index contributed by atoms with van der Waals surface area (Å²) in [6.45, 7) is 4.44. The van der Waals surface area contributed by atoms with Gasteiger partial charge in [0.25, 0.3) is 0 Å². The maximum Gasteiger partial charge on any atom is 0.249 e. The summed E-state index contributed by atoms with van der Waals surface area (Å²) in [5.74, 6) is 0.332. The average Bonchev–Trinajstić information content (AvgIpc) is 2.36. The molecule has 8 heteroatoms. The second-order valence-corrected chi connectivity index (χ2v) is 4.97. The zero-order valence-corrected chi connectivity index (χ0v) is 12.2. The number of carbonyl (C=O) groups is 2. The highest BCUT2D eigenvalue weighted by Gasteiger charge is 2.32. The van der Waals surface area contributed by atoms with Crippen LogP contribution < -0.4 is 15.5 Å². The van der Waals surface area contributed by atoms with Crippen molar-refractivity contribution in [3.8, 4) is 0 Å². The molecule has 2 amide bonds. The van der Waals surface area contributed by atoms with Crippen molar-refractivity contribution in [3.05, 3.63) is 10.7 Å². The van der Waals surface area contributed by atoms with E-state index < -0.39 is 6.04 Å². The van der Waals surface area contributed by atoms with Crippen LogP contribution in [0, 0.1) is 0 Å². The van der Waals surface area contributed by atoms with Crippen LogP contribution in [-0.4, -0.2) is 40.9 Å². The van der Waals surface area contributed by atoms with E-state index in [4.69, 9.17) is 0 Å². The minimum Gasteiger partial charge on any atom is -0.354 e. The predicted molar refractivity (Wildman–Crippen MR) is 73.9 cm³/mol. The number of nitrogens with zero attached hydrogens (tertiary/aromatic N) is 3. The first kappa shape index (κ1) is 13.7. The second kappa shape index (κ2) is 5.52. The quantitative estimate of drug-likeness (QED) is 0.787. The third-order valence-electron chi connectivity index (χ3n) is 2.76. The fraction of sp³-hybridized carbons (Fsp3) is 0.455. The first-order valence-electron chi connectivity index (χ1n) is 5.89. The highest BCUT2D eigenvalue weighted by atomic mass is 79.9. The normalized spacial score (nSPS) is 19.3. The lowest BCUT2D eigenvalue weighted by Crippen LogP contribution is -2.57. The number of hydrogen-bond donors (Lipinski definition) is 2. The SMILES string of the molecule is CCNc1ncc(Br)c(N2CC(=O)NC(=O)C2C)n1. The molecule has 0 bridgehead atoms. The number of carbonyl (C=O) groups excluding carboxylic acids is 2. The van der Waals surface area contributed by atoms with Gasteiger partial charge >= 0.3 is 0 Å². The van der Waals surface area contributed by atoms with Gasteiger partial charge in [-0.25, -0.2) is 4.98 Å². The molecule has 19 heavy (non-hydrogen) atoms. The first-order chi connectivity index (χ1) is 9.02. The van der Waals surface area contributed by atoms with Gasteiger partial charge in [0.05, 0.1) is 11.0 Å². The van der Waals surface area contributed by atoms with Crippen LogP contribution >= 0.6 is 15.9 Å². The van der Waals surface area contributed by atoms with Crippen molar-refractivity contribution in [1.29, 1.82) is 0 Å². The Hall–Kier alpha value is -1.70. The summed E-state index contributed by atoms with van der Waals surface area (Å²) < 4.78 is 0.642. The summed E-state index contributed by atoms with van der Waals surface area (Å²) in [6, 6.07) is -0.460. The number of nitrogens with one attached hydrogen (secondary N) is 2. The van der Waals surface area contributed by atoms with E-state index in [-0.39, 0.29) is 18.4 Å². The lowest BCUT2D eigenvalue weighted by molar-refractivity contribution is -0.132. The maximum absolute atomic E-state index is 11.7. The van der Waals surface area contributed by atoms with Crippen molar-refractivity contribution in [2.75, 3.05) is 23.3 Å². The fourth-order valence-corrected chi connectivity index (χ4v) is 2.19. The van der Waals surface area contributed by atoms with E-state index >= 15 is 0 Å². The van der Waals surface area contributed by atoms with Crippen molar-refractivity contribution in [3.63, 3.8) is 0 Å². The minimum absolute atomic E-state index is 0.0914. The molecule has 1 saturated heterocycles. The molecule has 0 aliphatic carbocycles. The van der Waals surface area contributed by atoms with E-state index in [2.05, 4.69) is 36.5 Å². The van der Waals surface area contributed by atoms with Crippen LogP contribution in [0.25, 0.3) is 0 Å². The molecule has 1 aromatic rings. The Morgan fingerprint density at radius 3 is 3.00 bits per heavy atom. The molecule has 0 radical (unpaired) electrons. The zero-order valence-electron chi connectivity index (χ0n) is 10.6. The monoisotopic (exact) mass is 327 g/mol. The smallest absolute Gasteiger partial charge is 0.249 e. The van der Waals surface area contributed by atoms with Crippen LogP contribution in [0.2, 0.25) is 0 Å². The molecule has 1 unspecified atom stereocenters. The zero-order chi connectivity index (χ0) is 14.0. The highest BCUT2D eigenvalue weighted by molar-refractivity contribution is 9.10. The van der Waals surface area contributed by atoms with E-state index in [1.807, 2.05) is 6.92 Å². The molecule has 1 aliphatic heterocycles. The van der Waals surface area contributed by atoms with Gasteiger partial charge in [0.1, 0.15) is 11.9 Å². The molecule has 2 heterocycles. The summed E-state index contributed by atoms with van der Waals surface area (Å²) >= 11 is 3.35. The van der Waals surface area contributed by atoms with E-state index in [0.29, 0.717) is 22.8 Å². The van der Waals surface area contributed by atoms with Crippen molar-refractivity contribution in [1.82, 2.24) is 15.3 Å². The topological polar surface area (TPSA) is 87.2 Å². The number of amides is 2. The number of imide groups is 1. The van der Waals surface area contributed by atoms with Crippen LogP contribution in [0.5, 0.6) is 0 Å². The molecule has 1 aromatic heterocycles. The lowest BCUT2D eigenvalue weighted by atomic mass is 10.2. The van der Waals surface area contributed by atoms with Crippen LogP contribution in [0.1, 0.15) is 13.8 Å². The third-order valence-corrected chi connectivity index (χ3v) is 3.32. The number of rotatable bonds is 3. The molecule has 102 valence electrons. The van der Waals surface area contributed by atoms with Gasteiger partial charge in [-0.2, -0.15) is 4.98 Å². The number of aromatic nitrogens is 2. The molecule has 0 saturated carbocycles. The molecule has 2 N–H and O–H groups in total. The predicted octanol–water partition coefficient (Wildman–Crippen LogP) is 0.522.